The number of rotatable bonds is 5. The van der Waals surface area contributed by atoms with E-state index in [9.17, 15) is 8.78 Å². The molecule has 0 radical (unpaired) electrons. The fourth-order valence-corrected chi connectivity index (χ4v) is 2.22. The smallest absolute Gasteiger partial charge is 0.167 e. The maximum Gasteiger partial charge on any atom is 0.167 e. The van der Waals surface area contributed by atoms with Gasteiger partial charge >= 0.3 is 0 Å². The Morgan fingerprint density at radius 1 is 1.19 bits per heavy atom. The molecular formula is C16H16BrF2NO. The first kappa shape index (κ1) is 15.9. The fourth-order valence-electron chi connectivity index (χ4n) is 1.79. The van der Waals surface area contributed by atoms with Gasteiger partial charge in [0, 0.05) is 18.2 Å². The SMILES string of the molecule is CC(C)NCc1cccc(F)c1Oc1ccc(F)cc1Br. The van der Waals surface area contributed by atoms with E-state index in [2.05, 4.69) is 21.2 Å². The summed E-state index contributed by atoms with van der Waals surface area (Å²) in [6.45, 7) is 4.51. The van der Waals surface area contributed by atoms with Crippen LogP contribution in [-0.2, 0) is 6.54 Å². The van der Waals surface area contributed by atoms with E-state index in [-0.39, 0.29) is 17.6 Å². The normalized spacial score (nSPS) is 11.0. The Kier molecular flexibility index (Phi) is 5.31. The first-order valence-corrected chi connectivity index (χ1v) is 7.40. The van der Waals surface area contributed by atoms with Crippen LogP contribution in [0.1, 0.15) is 19.4 Å². The molecule has 0 aliphatic rings. The van der Waals surface area contributed by atoms with Crippen molar-refractivity contribution in [2.75, 3.05) is 0 Å². The first-order chi connectivity index (χ1) is 9.97. The lowest BCUT2D eigenvalue weighted by Gasteiger charge is -2.15. The number of hydrogen-bond donors (Lipinski definition) is 1. The van der Waals surface area contributed by atoms with E-state index in [0.717, 1.165) is 0 Å². The average Bonchev–Trinajstić information content (AvgIpc) is 2.42. The minimum absolute atomic E-state index is 0.151. The monoisotopic (exact) mass is 355 g/mol. The Bertz CT molecular complexity index is 632. The highest BCUT2D eigenvalue weighted by atomic mass is 79.9. The maximum atomic E-state index is 14.0. The summed E-state index contributed by atoms with van der Waals surface area (Å²) in [5, 5.41) is 3.22. The summed E-state index contributed by atoms with van der Waals surface area (Å²) in [6.07, 6.45) is 0. The number of ether oxygens (including phenoxy) is 1. The van der Waals surface area contributed by atoms with Crippen molar-refractivity contribution in [3.8, 4) is 11.5 Å². The third-order valence-electron chi connectivity index (χ3n) is 2.86. The van der Waals surface area contributed by atoms with Crippen LogP contribution in [0, 0.1) is 11.6 Å². The Balaban J connectivity index is 2.29. The summed E-state index contributed by atoms with van der Waals surface area (Å²) < 4.78 is 33.2. The highest BCUT2D eigenvalue weighted by Gasteiger charge is 2.13. The second kappa shape index (κ2) is 7.00. The molecule has 0 aliphatic heterocycles. The lowest BCUT2D eigenvalue weighted by Crippen LogP contribution is -2.22. The van der Waals surface area contributed by atoms with Crippen molar-refractivity contribution in [3.63, 3.8) is 0 Å². The Labute approximate surface area is 131 Å². The second-order valence-electron chi connectivity index (χ2n) is 4.94. The van der Waals surface area contributed by atoms with Gasteiger partial charge in [0.25, 0.3) is 0 Å². The van der Waals surface area contributed by atoms with E-state index in [0.29, 0.717) is 22.3 Å². The third kappa shape index (κ3) is 4.25. The molecule has 0 unspecified atom stereocenters. The Hall–Kier alpha value is -1.46. The Morgan fingerprint density at radius 2 is 1.95 bits per heavy atom. The zero-order chi connectivity index (χ0) is 15.4. The van der Waals surface area contributed by atoms with Gasteiger partial charge in [-0.05, 0) is 40.2 Å². The zero-order valence-corrected chi connectivity index (χ0v) is 13.4. The molecule has 1 N–H and O–H groups in total. The van der Waals surface area contributed by atoms with Crippen LogP contribution in [0.2, 0.25) is 0 Å². The molecular weight excluding hydrogens is 340 g/mol. The quantitative estimate of drug-likeness (QED) is 0.813. The summed E-state index contributed by atoms with van der Waals surface area (Å²) >= 11 is 3.21. The van der Waals surface area contributed by atoms with Gasteiger partial charge in [-0.25, -0.2) is 8.78 Å². The van der Waals surface area contributed by atoms with Gasteiger partial charge < -0.3 is 10.1 Å². The first-order valence-electron chi connectivity index (χ1n) is 6.61. The number of nitrogens with one attached hydrogen (secondary N) is 1. The average molecular weight is 356 g/mol. The summed E-state index contributed by atoms with van der Waals surface area (Å²) in [4.78, 5) is 0. The zero-order valence-electron chi connectivity index (χ0n) is 11.8. The summed E-state index contributed by atoms with van der Waals surface area (Å²) in [5.41, 5.74) is 0.708. The van der Waals surface area contributed by atoms with Crippen LogP contribution in [0.25, 0.3) is 0 Å². The van der Waals surface area contributed by atoms with Crippen LogP contribution >= 0.6 is 15.9 Å². The summed E-state index contributed by atoms with van der Waals surface area (Å²) in [6, 6.07) is 9.07. The van der Waals surface area contributed by atoms with Gasteiger partial charge in [-0.1, -0.05) is 26.0 Å². The summed E-state index contributed by atoms with van der Waals surface area (Å²) in [7, 11) is 0. The highest BCUT2D eigenvalue weighted by Crippen LogP contribution is 2.33. The second-order valence-corrected chi connectivity index (χ2v) is 5.79. The molecule has 112 valence electrons. The van der Waals surface area contributed by atoms with Gasteiger partial charge in [0.05, 0.1) is 4.47 Å². The van der Waals surface area contributed by atoms with Gasteiger partial charge in [-0.2, -0.15) is 0 Å². The van der Waals surface area contributed by atoms with E-state index in [1.807, 2.05) is 13.8 Å². The number of halogens is 3. The molecule has 0 atom stereocenters. The molecule has 2 aromatic rings. The van der Waals surface area contributed by atoms with Crippen molar-refractivity contribution >= 4 is 15.9 Å². The lowest BCUT2D eigenvalue weighted by atomic mass is 10.2. The topological polar surface area (TPSA) is 21.3 Å². The van der Waals surface area contributed by atoms with E-state index in [4.69, 9.17) is 4.74 Å². The van der Waals surface area contributed by atoms with Crippen LogP contribution in [0.15, 0.2) is 40.9 Å². The van der Waals surface area contributed by atoms with Gasteiger partial charge in [-0.15, -0.1) is 0 Å². The van der Waals surface area contributed by atoms with Gasteiger partial charge in [0.1, 0.15) is 11.6 Å². The molecule has 0 amide bonds. The standard InChI is InChI=1S/C16H16BrF2NO/c1-10(2)20-9-11-4-3-5-14(19)16(11)21-15-7-6-12(18)8-13(15)17/h3-8,10,20H,9H2,1-2H3. The molecule has 0 heterocycles. The molecule has 2 rings (SSSR count). The van der Waals surface area contributed by atoms with Crippen LogP contribution in [0.5, 0.6) is 11.5 Å². The van der Waals surface area contributed by atoms with E-state index in [1.165, 1.54) is 24.3 Å². The van der Waals surface area contributed by atoms with Crippen molar-refractivity contribution in [2.24, 2.45) is 0 Å². The van der Waals surface area contributed by atoms with Crippen molar-refractivity contribution in [1.29, 1.82) is 0 Å². The van der Waals surface area contributed by atoms with Crippen molar-refractivity contribution in [1.82, 2.24) is 5.32 Å². The van der Waals surface area contributed by atoms with Crippen LogP contribution in [0.4, 0.5) is 8.78 Å². The van der Waals surface area contributed by atoms with E-state index >= 15 is 0 Å². The van der Waals surface area contributed by atoms with Crippen molar-refractivity contribution in [3.05, 3.63) is 58.1 Å². The van der Waals surface area contributed by atoms with Crippen LogP contribution in [-0.4, -0.2) is 6.04 Å². The molecule has 0 saturated heterocycles. The molecule has 0 fully saturated rings. The minimum atomic E-state index is -0.450. The molecule has 0 bridgehead atoms. The minimum Gasteiger partial charge on any atom is -0.453 e. The van der Waals surface area contributed by atoms with E-state index in [1.54, 1.807) is 12.1 Å². The largest absolute Gasteiger partial charge is 0.453 e. The fraction of sp³-hybridized carbons (Fsp3) is 0.250. The van der Waals surface area contributed by atoms with Crippen LogP contribution in [0.3, 0.4) is 0 Å². The highest BCUT2D eigenvalue weighted by molar-refractivity contribution is 9.10. The van der Waals surface area contributed by atoms with Gasteiger partial charge in [0.2, 0.25) is 0 Å². The van der Waals surface area contributed by atoms with Crippen molar-refractivity contribution in [2.45, 2.75) is 26.4 Å². The molecule has 2 nitrogen and oxygen atoms in total. The van der Waals surface area contributed by atoms with Crippen molar-refractivity contribution < 1.29 is 13.5 Å². The number of para-hydroxylation sites is 1. The predicted molar refractivity (Wildman–Crippen MR) is 82.5 cm³/mol. The molecule has 0 aromatic heterocycles. The van der Waals surface area contributed by atoms with E-state index < -0.39 is 5.82 Å². The summed E-state index contributed by atoms with van der Waals surface area (Å²) in [5.74, 6) is -0.316. The molecule has 5 heteroatoms. The van der Waals surface area contributed by atoms with Gasteiger partial charge in [-0.3, -0.25) is 0 Å². The van der Waals surface area contributed by atoms with Crippen LogP contribution < -0.4 is 10.1 Å². The predicted octanol–water partition coefficient (Wildman–Crippen LogP) is 5.02. The number of hydrogen-bond acceptors (Lipinski definition) is 2. The molecule has 0 spiro atoms. The Morgan fingerprint density at radius 3 is 2.62 bits per heavy atom. The molecule has 2 aromatic carbocycles. The molecule has 0 aliphatic carbocycles. The maximum absolute atomic E-state index is 14.0. The third-order valence-corrected chi connectivity index (χ3v) is 3.47. The van der Waals surface area contributed by atoms with Gasteiger partial charge in [0.15, 0.2) is 11.6 Å². The molecule has 21 heavy (non-hydrogen) atoms. The lowest BCUT2D eigenvalue weighted by molar-refractivity contribution is 0.428. The number of benzene rings is 2. The molecule has 0 saturated carbocycles.